The molecule has 0 atom stereocenters. The third-order valence-corrected chi connectivity index (χ3v) is 4.38. The van der Waals surface area contributed by atoms with Crippen molar-refractivity contribution in [3.05, 3.63) is 0 Å². The molecular weight excluding hydrogens is 194 g/mol. The first-order valence-electron chi connectivity index (χ1n) is 5.58. The predicted octanol–water partition coefficient (Wildman–Crippen LogP) is 2.53. The maximum absolute atomic E-state index is 5.28. The summed E-state index contributed by atoms with van der Waals surface area (Å²) in [6.45, 7) is 10.3. The van der Waals surface area contributed by atoms with Gasteiger partial charge in [0.05, 0.1) is 6.61 Å². The molecule has 2 nitrogen and oxygen atoms in total. The Bertz CT molecular complexity index is 118. The van der Waals surface area contributed by atoms with Crippen molar-refractivity contribution in [2.24, 2.45) is 0 Å². The number of hydrogen-bond acceptors (Lipinski definition) is 3. The monoisotopic (exact) mass is 219 g/mol. The number of rotatable bonds is 9. The van der Waals surface area contributed by atoms with E-state index in [0.29, 0.717) is 4.75 Å². The molecule has 0 bridgehead atoms. The van der Waals surface area contributed by atoms with Crippen LogP contribution in [0, 0.1) is 0 Å². The van der Waals surface area contributed by atoms with Crippen molar-refractivity contribution < 1.29 is 4.74 Å². The molecule has 0 aromatic heterocycles. The molecule has 0 amide bonds. The summed E-state index contributed by atoms with van der Waals surface area (Å²) in [5.74, 6) is 0. The average Bonchev–Trinajstić information content (AvgIpc) is 2.24. The van der Waals surface area contributed by atoms with Crippen LogP contribution in [-0.2, 0) is 4.74 Å². The first-order valence-corrected chi connectivity index (χ1v) is 6.80. The summed E-state index contributed by atoms with van der Waals surface area (Å²) in [4.78, 5) is 0. The Morgan fingerprint density at radius 3 is 2.29 bits per heavy atom. The lowest BCUT2D eigenvalue weighted by Gasteiger charge is -2.29. The molecule has 0 saturated heterocycles. The van der Waals surface area contributed by atoms with Crippen molar-refractivity contribution in [2.45, 2.75) is 38.4 Å². The second kappa shape index (κ2) is 8.57. The molecule has 0 saturated carbocycles. The third-order valence-electron chi connectivity index (χ3n) is 2.80. The van der Waals surface area contributed by atoms with Gasteiger partial charge in [0.1, 0.15) is 0 Å². The molecule has 0 aliphatic heterocycles. The number of thioether (sulfide) groups is 1. The maximum atomic E-state index is 5.28. The minimum absolute atomic E-state index is 0.423. The molecule has 14 heavy (non-hydrogen) atoms. The van der Waals surface area contributed by atoms with Crippen molar-refractivity contribution in [3.8, 4) is 0 Å². The van der Waals surface area contributed by atoms with E-state index in [4.69, 9.17) is 4.74 Å². The number of nitrogens with one attached hydrogen (secondary N) is 1. The van der Waals surface area contributed by atoms with Gasteiger partial charge in [0.2, 0.25) is 0 Å². The van der Waals surface area contributed by atoms with E-state index in [2.05, 4.69) is 25.4 Å². The van der Waals surface area contributed by atoms with E-state index in [9.17, 15) is 0 Å². The third kappa shape index (κ3) is 5.23. The smallest absolute Gasteiger partial charge is 0.0590 e. The highest BCUT2D eigenvalue weighted by molar-refractivity contribution is 8.00. The van der Waals surface area contributed by atoms with E-state index in [0.717, 1.165) is 26.3 Å². The van der Waals surface area contributed by atoms with Crippen molar-refractivity contribution >= 4 is 11.8 Å². The van der Waals surface area contributed by atoms with Crippen molar-refractivity contribution in [1.82, 2.24) is 5.32 Å². The van der Waals surface area contributed by atoms with Crippen LogP contribution >= 0.6 is 11.8 Å². The Hall–Kier alpha value is 0.270. The summed E-state index contributed by atoms with van der Waals surface area (Å²) < 4.78 is 5.70. The van der Waals surface area contributed by atoms with Gasteiger partial charge in [-0.1, -0.05) is 13.8 Å². The number of ether oxygens (including phenoxy) is 1. The fraction of sp³-hybridized carbons (Fsp3) is 1.00. The quantitative estimate of drug-likeness (QED) is 0.602. The molecule has 86 valence electrons. The molecule has 0 aromatic carbocycles. The van der Waals surface area contributed by atoms with E-state index in [1.807, 2.05) is 18.7 Å². The summed E-state index contributed by atoms with van der Waals surface area (Å²) in [5, 5.41) is 3.47. The van der Waals surface area contributed by atoms with Gasteiger partial charge >= 0.3 is 0 Å². The normalized spacial score (nSPS) is 12.0. The topological polar surface area (TPSA) is 21.3 Å². The van der Waals surface area contributed by atoms with Gasteiger partial charge in [0.15, 0.2) is 0 Å². The number of hydrogen-bond donors (Lipinski definition) is 1. The minimum Gasteiger partial charge on any atom is -0.380 e. The van der Waals surface area contributed by atoms with E-state index in [1.165, 1.54) is 12.8 Å². The zero-order chi connectivity index (χ0) is 10.9. The van der Waals surface area contributed by atoms with Crippen molar-refractivity contribution in [3.63, 3.8) is 0 Å². The molecule has 0 spiro atoms. The van der Waals surface area contributed by atoms with Gasteiger partial charge in [-0.05, 0) is 26.0 Å². The Morgan fingerprint density at radius 1 is 1.21 bits per heavy atom. The highest BCUT2D eigenvalue weighted by atomic mass is 32.2. The van der Waals surface area contributed by atoms with Crippen LogP contribution in [0.5, 0.6) is 0 Å². The fourth-order valence-corrected chi connectivity index (χ4v) is 2.29. The second-order valence-electron chi connectivity index (χ2n) is 3.47. The van der Waals surface area contributed by atoms with Crippen LogP contribution < -0.4 is 5.32 Å². The predicted molar refractivity (Wildman–Crippen MR) is 66.2 cm³/mol. The highest BCUT2D eigenvalue weighted by Gasteiger charge is 2.23. The molecule has 0 aliphatic rings. The molecular formula is C11H25NOS. The molecule has 0 aromatic rings. The van der Waals surface area contributed by atoms with Crippen LogP contribution in [0.25, 0.3) is 0 Å². The van der Waals surface area contributed by atoms with Gasteiger partial charge in [-0.25, -0.2) is 0 Å². The van der Waals surface area contributed by atoms with Gasteiger partial charge in [-0.2, -0.15) is 11.8 Å². The van der Waals surface area contributed by atoms with Gasteiger partial charge in [-0.15, -0.1) is 0 Å². The minimum atomic E-state index is 0.423. The Balaban J connectivity index is 3.61. The summed E-state index contributed by atoms with van der Waals surface area (Å²) in [6.07, 6.45) is 4.66. The van der Waals surface area contributed by atoms with Gasteiger partial charge in [-0.3, -0.25) is 0 Å². The van der Waals surface area contributed by atoms with E-state index < -0.39 is 0 Å². The van der Waals surface area contributed by atoms with Crippen LogP contribution in [0.4, 0.5) is 0 Å². The lowest BCUT2D eigenvalue weighted by atomic mass is 10.0. The lowest BCUT2D eigenvalue weighted by molar-refractivity contribution is 0.148. The first kappa shape index (κ1) is 14.3. The molecule has 0 aliphatic carbocycles. The summed E-state index contributed by atoms with van der Waals surface area (Å²) in [5.41, 5.74) is 0. The van der Waals surface area contributed by atoms with Crippen LogP contribution in [0.2, 0.25) is 0 Å². The Kier molecular flexibility index (Phi) is 8.73. The van der Waals surface area contributed by atoms with Gasteiger partial charge in [0.25, 0.3) is 0 Å². The van der Waals surface area contributed by atoms with Crippen LogP contribution in [0.3, 0.4) is 0 Å². The van der Waals surface area contributed by atoms with Crippen LogP contribution in [0.15, 0.2) is 0 Å². The Labute approximate surface area is 93.2 Å². The lowest BCUT2D eigenvalue weighted by Crippen LogP contribution is -2.37. The largest absolute Gasteiger partial charge is 0.380 e. The molecule has 0 unspecified atom stereocenters. The first-order chi connectivity index (χ1) is 6.74. The van der Waals surface area contributed by atoms with Crippen LogP contribution in [-0.4, -0.2) is 37.3 Å². The summed E-state index contributed by atoms with van der Waals surface area (Å²) >= 11 is 1.98. The van der Waals surface area contributed by atoms with Crippen molar-refractivity contribution in [2.75, 3.05) is 32.6 Å². The fourth-order valence-electron chi connectivity index (χ4n) is 1.47. The van der Waals surface area contributed by atoms with E-state index >= 15 is 0 Å². The van der Waals surface area contributed by atoms with E-state index in [1.54, 1.807) is 0 Å². The summed E-state index contributed by atoms with van der Waals surface area (Å²) in [7, 11) is 0. The second-order valence-corrected chi connectivity index (χ2v) is 4.74. The zero-order valence-electron chi connectivity index (χ0n) is 10.1. The average molecular weight is 219 g/mol. The maximum Gasteiger partial charge on any atom is 0.0590 e. The Morgan fingerprint density at radius 2 is 1.86 bits per heavy atom. The van der Waals surface area contributed by atoms with Crippen LogP contribution in [0.1, 0.15) is 33.6 Å². The molecule has 0 heterocycles. The van der Waals surface area contributed by atoms with Crippen molar-refractivity contribution in [1.29, 1.82) is 0 Å². The summed E-state index contributed by atoms with van der Waals surface area (Å²) in [6, 6.07) is 0. The van der Waals surface area contributed by atoms with Gasteiger partial charge < -0.3 is 10.1 Å². The zero-order valence-corrected chi connectivity index (χ0v) is 10.9. The van der Waals surface area contributed by atoms with Gasteiger partial charge in [0, 0.05) is 24.4 Å². The molecule has 1 N–H and O–H groups in total. The SMILES string of the molecule is CCOCCNCC(CC)(CC)SC. The standard InChI is InChI=1S/C11H25NOS/c1-5-11(6-2,14-4)10-12-8-9-13-7-3/h12H,5-10H2,1-4H3. The van der Waals surface area contributed by atoms with E-state index in [-0.39, 0.29) is 0 Å². The molecule has 0 radical (unpaired) electrons. The molecule has 0 fully saturated rings. The molecule has 0 rings (SSSR count). The highest BCUT2D eigenvalue weighted by Crippen LogP contribution is 2.29. The molecule has 3 heteroatoms.